The average Bonchev–Trinajstić information content (AvgIpc) is 3.36. The van der Waals surface area contributed by atoms with Gasteiger partial charge in [-0.15, -0.1) is 11.3 Å². The maximum absolute atomic E-state index is 13.2. The summed E-state index contributed by atoms with van der Waals surface area (Å²) >= 11 is 1.60. The van der Waals surface area contributed by atoms with E-state index in [0.717, 1.165) is 55.5 Å². The minimum Gasteiger partial charge on any atom is -0.340 e. The molecule has 3 aromatic rings. The van der Waals surface area contributed by atoms with Gasteiger partial charge in [0, 0.05) is 62.3 Å². The molecule has 2 aliphatic rings. The summed E-state index contributed by atoms with van der Waals surface area (Å²) in [5, 5.41) is 6.27. The summed E-state index contributed by atoms with van der Waals surface area (Å²) in [7, 11) is 3.97. The molecule has 2 aliphatic heterocycles. The molecule has 5 rings (SSSR count). The van der Waals surface area contributed by atoms with E-state index in [4.69, 9.17) is 0 Å². The molecule has 0 unspecified atom stereocenters. The molecule has 0 amide bonds. The van der Waals surface area contributed by atoms with Gasteiger partial charge in [0.05, 0.1) is 11.2 Å². The van der Waals surface area contributed by atoms with Crippen LogP contribution in [0.2, 0.25) is 0 Å². The monoisotopic (exact) mass is 411 g/mol. The van der Waals surface area contributed by atoms with E-state index in [-0.39, 0.29) is 5.56 Å². The zero-order chi connectivity index (χ0) is 20.0. The topological polar surface area (TPSA) is 72.1 Å². The van der Waals surface area contributed by atoms with Gasteiger partial charge in [-0.05, 0) is 25.5 Å². The molecule has 0 aliphatic carbocycles. The Bertz CT molecular complexity index is 1060. The van der Waals surface area contributed by atoms with E-state index in [2.05, 4.69) is 36.3 Å². The smallest absolute Gasteiger partial charge is 0.255 e. The van der Waals surface area contributed by atoms with Crippen molar-refractivity contribution in [3.8, 4) is 0 Å². The van der Waals surface area contributed by atoms with Crippen molar-refractivity contribution in [1.29, 1.82) is 0 Å². The van der Waals surface area contributed by atoms with Gasteiger partial charge in [0.15, 0.2) is 0 Å². The summed E-state index contributed by atoms with van der Waals surface area (Å²) in [5.41, 5.74) is 5.07. The lowest BCUT2D eigenvalue weighted by atomic mass is 9.83. The van der Waals surface area contributed by atoms with Crippen molar-refractivity contribution in [2.45, 2.75) is 32.0 Å². The lowest BCUT2D eigenvalue weighted by molar-refractivity contribution is 0.274. The van der Waals surface area contributed by atoms with Gasteiger partial charge in [-0.1, -0.05) is 6.07 Å². The molecule has 2 atom stereocenters. The molecule has 3 aromatic heterocycles. The second-order valence-corrected chi connectivity index (χ2v) is 8.96. The number of fused-ring (bicyclic) bond motifs is 4. The number of nitrogens with zero attached hydrogens (tertiary/aromatic N) is 7. The van der Waals surface area contributed by atoms with Crippen LogP contribution in [0.25, 0.3) is 0 Å². The standard InChI is InChI=1S/C20H25N7OS/c1-24(10-17-11-29-13-22-17)8-15-3-4-18-16-5-14(7-27(18)19(15)28)6-26(9-16)20-21-12-23-25(20)2/h3-4,11-14,16H,5-10H2,1-2H3/t14-,16+/m0/s1. The van der Waals surface area contributed by atoms with Crippen molar-refractivity contribution < 1.29 is 0 Å². The highest BCUT2D eigenvalue weighted by Gasteiger charge is 2.36. The predicted molar refractivity (Wildman–Crippen MR) is 112 cm³/mol. The highest BCUT2D eigenvalue weighted by atomic mass is 32.1. The second kappa shape index (κ2) is 7.38. The van der Waals surface area contributed by atoms with Crippen molar-refractivity contribution in [2.24, 2.45) is 13.0 Å². The van der Waals surface area contributed by atoms with Gasteiger partial charge in [0.1, 0.15) is 6.33 Å². The summed E-state index contributed by atoms with van der Waals surface area (Å²) in [5.74, 6) is 1.73. The number of hydrogen-bond donors (Lipinski definition) is 0. The molecule has 0 aromatic carbocycles. The van der Waals surface area contributed by atoms with Gasteiger partial charge >= 0.3 is 0 Å². The van der Waals surface area contributed by atoms with Crippen molar-refractivity contribution in [3.05, 3.63) is 56.7 Å². The number of anilines is 1. The van der Waals surface area contributed by atoms with Crippen LogP contribution in [0.3, 0.4) is 0 Å². The van der Waals surface area contributed by atoms with Crippen LogP contribution in [0.5, 0.6) is 0 Å². The fourth-order valence-corrected chi connectivity index (χ4v) is 5.34. The van der Waals surface area contributed by atoms with Crippen molar-refractivity contribution in [1.82, 2.24) is 29.2 Å². The fourth-order valence-electron chi connectivity index (χ4n) is 4.79. The molecular formula is C20H25N7OS. The third kappa shape index (κ3) is 3.49. The van der Waals surface area contributed by atoms with Crippen LogP contribution in [-0.2, 0) is 26.7 Å². The largest absolute Gasteiger partial charge is 0.340 e. The molecule has 152 valence electrons. The van der Waals surface area contributed by atoms with Crippen LogP contribution in [0.4, 0.5) is 5.95 Å². The molecule has 8 nitrogen and oxygen atoms in total. The third-order valence-electron chi connectivity index (χ3n) is 6.01. The van der Waals surface area contributed by atoms with E-state index in [9.17, 15) is 4.79 Å². The molecule has 29 heavy (non-hydrogen) atoms. The highest BCUT2D eigenvalue weighted by molar-refractivity contribution is 7.07. The van der Waals surface area contributed by atoms with Gasteiger partial charge in [-0.25, -0.2) is 9.67 Å². The maximum Gasteiger partial charge on any atom is 0.255 e. The van der Waals surface area contributed by atoms with E-state index in [1.165, 1.54) is 0 Å². The molecule has 0 saturated carbocycles. The Balaban J connectivity index is 1.37. The lowest BCUT2D eigenvalue weighted by Gasteiger charge is -2.43. The summed E-state index contributed by atoms with van der Waals surface area (Å²) in [6.45, 7) is 3.97. The first-order valence-electron chi connectivity index (χ1n) is 9.95. The molecule has 9 heteroatoms. The Morgan fingerprint density at radius 1 is 1.21 bits per heavy atom. The summed E-state index contributed by atoms with van der Waals surface area (Å²) in [4.78, 5) is 26.5. The molecule has 2 bridgehead atoms. The lowest BCUT2D eigenvalue weighted by Crippen LogP contribution is -2.48. The van der Waals surface area contributed by atoms with Gasteiger partial charge in [-0.3, -0.25) is 9.69 Å². The SMILES string of the molecule is CN(Cc1cscn1)Cc1ccc2n(c1=O)C[C@H]1C[C@@H]2CN(c2ncnn2C)C1. The van der Waals surface area contributed by atoms with Crippen LogP contribution < -0.4 is 10.5 Å². The van der Waals surface area contributed by atoms with Crippen LogP contribution in [0.1, 0.15) is 29.3 Å². The molecule has 0 spiro atoms. The summed E-state index contributed by atoms with van der Waals surface area (Å²) < 4.78 is 3.86. The normalized spacial score (nSPS) is 20.9. The number of aryl methyl sites for hydroxylation is 1. The Morgan fingerprint density at radius 3 is 2.86 bits per heavy atom. The van der Waals surface area contributed by atoms with E-state index in [1.54, 1.807) is 17.7 Å². The van der Waals surface area contributed by atoms with Gasteiger partial charge in [0.2, 0.25) is 5.95 Å². The van der Waals surface area contributed by atoms with E-state index in [1.807, 2.05) is 34.9 Å². The minimum atomic E-state index is 0.162. The number of hydrogen-bond acceptors (Lipinski definition) is 7. The Hall–Kier alpha value is -2.52. The number of pyridine rings is 1. The van der Waals surface area contributed by atoms with Gasteiger partial charge in [-0.2, -0.15) is 10.1 Å². The van der Waals surface area contributed by atoms with Crippen LogP contribution in [0.15, 0.2) is 34.1 Å². The first-order chi connectivity index (χ1) is 14.1. The molecule has 5 heterocycles. The van der Waals surface area contributed by atoms with E-state index in [0.29, 0.717) is 18.4 Å². The number of rotatable bonds is 5. The Kier molecular flexibility index (Phi) is 4.71. The van der Waals surface area contributed by atoms with Crippen molar-refractivity contribution >= 4 is 17.3 Å². The summed E-state index contributed by atoms with van der Waals surface area (Å²) in [6.07, 6.45) is 2.74. The second-order valence-electron chi connectivity index (χ2n) is 8.24. The minimum absolute atomic E-state index is 0.162. The van der Waals surface area contributed by atoms with Crippen molar-refractivity contribution in [2.75, 3.05) is 25.0 Å². The Labute approximate surface area is 173 Å². The zero-order valence-corrected chi connectivity index (χ0v) is 17.5. The average molecular weight is 412 g/mol. The van der Waals surface area contributed by atoms with Crippen LogP contribution in [0, 0.1) is 5.92 Å². The highest BCUT2D eigenvalue weighted by Crippen LogP contribution is 2.36. The summed E-state index contributed by atoms with van der Waals surface area (Å²) in [6, 6.07) is 4.18. The van der Waals surface area contributed by atoms with Gasteiger partial charge < -0.3 is 9.47 Å². The molecule has 1 saturated heterocycles. The first kappa shape index (κ1) is 18.5. The number of aromatic nitrogens is 5. The van der Waals surface area contributed by atoms with Crippen LogP contribution >= 0.6 is 11.3 Å². The van der Waals surface area contributed by atoms with Crippen LogP contribution in [-0.4, -0.2) is 49.4 Å². The van der Waals surface area contributed by atoms with E-state index < -0.39 is 0 Å². The van der Waals surface area contributed by atoms with Crippen molar-refractivity contribution in [3.63, 3.8) is 0 Å². The molecular weight excluding hydrogens is 386 g/mol. The first-order valence-corrected chi connectivity index (χ1v) is 10.9. The van der Waals surface area contributed by atoms with E-state index >= 15 is 0 Å². The molecule has 1 fully saturated rings. The van der Waals surface area contributed by atoms with Gasteiger partial charge in [0.25, 0.3) is 5.56 Å². The molecule has 0 N–H and O–H groups in total. The maximum atomic E-state index is 13.2. The number of piperidine rings is 1. The predicted octanol–water partition coefficient (Wildman–Crippen LogP) is 1.69. The zero-order valence-electron chi connectivity index (χ0n) is 16.7. The Morgan fingerprint density at radius 2 is 2.10 bits per heavy atom. The molecule has 0 radical (unpaired) electrons. The number of thiazole rings is 1. The fraction of sp³-hybridized carbons (Fsp3) is 0.500. The quantitative estimate of drug-likeness (QED) is 0.636. The third-order valence-corrected chi connectivity index (χ3v) is 6.64.